The summed E-state index contributed by atoms with van der Waals surface area (Å²) in [6.07, 6.45) is 0. The van der Waals surface area contributed by atoms with E-state index in [9.17, 15) is 0 Å². The summed E-state index contributed by atoms with van der Waals surface area (Å²) >= 11 is 0. The summed E-state index contributed by atoms with van der Waals surface area (Å²) in [5.41, 5.74) is 1.03. The van der Waals surface area contributed by atoms with E-state index < -0.39 is 0 Å². The zero-order valence-corrected chi connectivity index (χ0v) is 11.9. The van der Waals surface area contributed by atoms with Crippen molar-refractivity contribution < 1.29 is 4.74 Å². The van der Waals surface area contributed by atoms with Crippen molar-refractivity contribution in [2.75, 3.05) is 0 Å². The zero-order chi connectivity index (χ0) is 13.6. The van der Waals surface area contributed by atoms with Gasteiger partial charge in [0, 0.05) is 6.07 Å². The number of pyridine rings is 1. The Balaban J connectivity index is 1.76. The Kier molecular flexibility index (Phi) is 4.05. The molecule has 1 heterocycles. The van der Waals surface area contributed by atoms with Gasteiger partial charge in [0.1, 0.15) is 5.75 Å². The minimum Gasteiger partial charge on any atom is -0.439 e. The molecule has 2 nitrogen and oxygen atoms in total. The zero-order valence-electron chi connectivity index (χ0n) is 10.9. The summed E-state index contributed by atoms with van der Waals surface area (Å²) in [6.45, 7) is 0. The average molecular weight is 279 g/mol. The predicted molar refractivity (Wildman–Crippen MR) is 84.8 cm³/mol. The number of aromatic nitrogens is 1. The van der Waals surface area contributed by atoms with Gasteiger partial charge in [0.25, 0.3) is 0 Å². The smallest absolute Gasteiger partial charge is 0.219 e. The third-order valence-electron chi connectivity index (χ3n) is 2.74. The van der Waals surface area contributed by atoms with Crippen LogP contribution in [0.15, 0.2) is 78.9 Å². The lowest BCUT2D eigenvalue weighted by Gasteiger charge is -2.06. The molecule has 0 bridgehead atoms. The molecule has 0 saturated carbocycles. The molecule has 0 radical (unpaired) electrons. The van der Waals surface area contributed by atoms with E-state index in [1.165, 1.54) is 5.30 Å². The first-order valence-electron chi connectivity index (χ1n) is 6.42. The lowest BCUT2D eigenvalue weighted by atomic mass is 10.3. The van der Waals surface area contributed by atoms with Gasteiger partial charge in [0.15, 0.2) is 0 Å². The van der Waals surface area contributed by atoms with Crippen molar-refractivity contribution in [3.05, 3.63) is 78.9 Å². The van der Waals surface area contributed by atoms with E-state index in [0.717, 1.165) is 11.2 Å². The molecule has 98 valence electrons. The first kappa shape index (κ1) is 12.8. The summed E-state index contributed by atoms with van der Waals surface area (Å²) in [4.78, 5) is 4.55. The number of hydrogen-bond acceptors (Lipinski definition) is 2. The van der Waals surface area contributed by atoms with Gasteiger partial charge in [-0.15, -0.1) is 0 Å². The minimum absolute atomic E-state index is 0.543. The third kappa shape index (κ3) is 3.43. The second kappa shape index (κ2) is 6.31. The molecule has 20 heavy (non-hydrogen) atoms. The number of para-hydroxylation sites is 1. The van der Waals surface area contributed by atoms with Gasteiger partial charge in [0.05, 0.1) is 5.44 Å². The molecule has 3 rings (SSSR count). The van der Waals surface area contributed by atoms with Gasteiger partial charge in [-0.3, -0.25) is 0 Å². The van der Waals surface area contributed by atoms with Crippen LogP contribution in [0.1, 0.15) is 0 Å². The fraction of sp³-hybridized carbons (Fsp3) is 0. The summed E-state index contributed by atoms with van der Waals surface area (Å²) in [7, 11) is 0.543. The highest BCUT2D eigenvalue weighted by Gasteiger charge is 2.01. The van der Waals surface area contributed by atoms with Crippen LogP contribution in [-0.2, 0) is 0 Å². The number of benzene rings is 2. The number of nitrogens with zero attached hydrogens (tertiary/aromatic N) is 1. The lowest BCUT2D eigenvalue weighted by molar-refractivity contribution is 0.464. The molecule has 0 saturated heterocycles. The standard InChI is InChI=1S/C17H14NOP/c1-3-8-14(9-4-1)19-16-12-7-13-17(18-16)20-15-10-5-2-6-11-15/h1-13,20H. The molecule has 0 spiro atoms. The number of ether oxygens (including phenoxy) is 1. The van der Waals surface area contributed by atoms with Gasteiger partial charge in [-0.1, -0.05) is 54.6 Å². The van der Waals surface area contributed by atoms with Crippen molar-refractivity contribution in [2.24, 2.45) is 0 Å². The SMILES string of the molecule is c1ccc(Oc2cccc(Pc3ccccc3)n2)cc1. The van der Waals surface area contributed by atoms with Crippen LogP contribution in [0.4, 0.5) is 0 Å². The molecule has 1 aromatic heterocycles. The van der Waals surface area contributed by atoms with Crippen LogP contribution in [-0.4, -0.2) is 4.98 Å². The van der Waals surface area contributed by atoms with Crippen LogP contribution in [0.3, 0.4) is 0 Å². The molecule has 0 N–H and O–H groups in total. The second-order valence-corrected chi connectivity index (χ2v) is 5.61. The van der Waals surface area contributed by atoms with Gasteiger partial charge in [-0.05, 0) is 32.1 Å². The van der Waals surface area contributed by atoms with Crippen molar-refractivity contribution in [3.8, 4) is 11.6 Å². The normalized spacial score (nSPS) is 10.8. The van der Waals surface area contributed by atoms with Crippen molar-refractivity contribution in [1.82, 2.24) is 4.98 Å². The summed E-state index contributed by atoms with van der Waals surface area (Å²) in [5, 5.41) is 1.27. The number of hydrogen-bond donors (Lipinski definition) is 0. The van der Waals surface area contributed by atoms with Crippen molar-refractivity contribution in [1.29, 1.82) is 0 Å². The molecule has 3 heteroatoms. The maximum Gasteiger partial charge on any atom is 0.219 e. The molecule has 0 aliphatic heterocycles. The highest BCUT2D eigenvalue weighted by Crippen LogP contribution is 2.19. The molecule has 0 aliphatic carbocycles. The predicted octanol–water partition coefficient (Wildman–Crippen LogP) is 3.50. The van der Waals surface area contributed by atoms with Crippen LogP contribution < -0.4 is 15.5 Å². The van der Waals surface area contributed by atoms with Crippen LogP contribution >= 0.6 is 8.58 Å². The molecule has 1 unspecified atom stereocenters. The monoisotopic (exact) mass is 279 g/mol. The highest BCUT2D eigenvalue weighted by atomic mass is 31.1. The first-order chi connectivity index (χ1) is 9.90. The molecule has 0 amide bonds. The van der Waals surface area contributed by atoms with E-state index in [4.69, 9.17) is 4.74 Å². The minimum atomic E-state index is 0.543. The van der Waals surface area contributed by atoms with Crippen molar-refractivity contribution in [3.63, 3.8) is 0 Å². The van der Waals surface area contributed by atoms with Crippen LogP contribution in [0.2, 0.25) is 0 Å². The Labute approximate surface area is 120 Å². The summed E-state index contributed by atoms with van der Waals surface area (Å²) in [6, 6.07) is 26.0. The Morgan fingerprint density at radius 3 is 2.15 bits per heavy atom. The van der Waals surface area contributed by atoms with Gasteiger partial charge >= 0.3 is 0 Å². The van der Waals surface area contributed by atoms with Gasteiger partial charge < -0.3 is 4.74 Å². The maximum atomic E-state index is 5.75. The quantitative estimate of drug-likeness (QED) is 0.682. The topological polar surface area (TPSA) is 22.1 Å². The first-order valence-corrected chi connectivity index (χ1v) is 7.42. The van der Waals surface area contributed by atoms with Gasteiger partial charge in [-0.2, -0.15) is 0 Å². The maximum absolute atomic E-state index is 5.75. The highest BCUT2D eigenvalue weighted by molar-refractivity contribution is 7.55. The van der Waals surface area contributed by atoms with Crippen molar-refractivity contribution >= 4 is 19.3 Å². The van der Waals surface area contributed by atoms with E-state index in [-0.39, 0.29) is 0 Å². The molecule has 3 aromatic rings. The van der Waals surface area contributed by atoms with Crippen molar-refractivity contribution in [2.45, 2.75) is 0 Å². The van der Waals surface area contributed by atoms with E-state index in [1.54, 1.807) is 0 Å². The largest absolute Gasteiger partial charge is 0.439 e. The Morgan fingerprint density at radius 2 is 1.40 bits per heavy atom. The molecule has 1 atom stereocenters. The van der Waals surface area contributed by atoms with E-state index in [0.29, 0.717) is 14.5 Å². The Hall–Kier alpha value is -2.18. The van der Waals surface area contributed by atoms with Crippen LogP contribution in [0, 0.1) is 0 Å². The molecule has 0 aliphatic rings. The van der Waals surface area contributed by atoms with E-state index in [2.05, 4.69) is 17.1 Å². The Morgan fingerprint density at radius 1 is 0.700 bits per heavy atom. The lowest BCUT2D eigenvalue weighted by Crippen LogP contribution is -2.07. The average Bonchev–Trinajstić information content (AvgIpc) is 2.50. The summed E-state index contributed by atoms with van der Waals surface area (Å²) < 4.78 is 5.75. The van der Waals surface area contributed by atoms with E-state index >= 15 is 0 Å². The fourth-order valence-corrected chi connectivity index (χ4v) is 2.82. The second-order valence-electron chi connectivity index (χ2n) is 4.27. The van der Waals surface area contributed by atoms with Gasteiger partial charge in [0.2, 0.25) is 5.88 Å². The van der Waals surface area contributed by atoms with Crippen LogP contribution in [0.25, 0.3) is 0 Å². The summed E-state index contributed by atoms with van der Waals surface area (Å²) in [5.74, 6) is 1.44. The molecular weight excluding hydrogens is 265 g/mol. The van der Waals surface area contributed by atoms with Crippen LogP contribution in [0.5, 0.6) is 11.6 Å². The fourth-order valence-electron chi connectivity index (χ4n) is 1.82. The van der Waals surface area contributed by atoms with E-state index in [1.807, 2.05) is 66.7 Å². The Bertz CT molecular complexity index is 614. The third-order valence-corrected chi connectivity index (χ3v) is 3.89. The number of rotatable bonds is 4. The van der Waals surface area contributed by atoms with Gasteiger partial charge in [-0.25, -0.2) is 4.98 Å². The molecule has 2 aromatic carbocycles. The molecular formula is C17H14NOP. The molecule has 0 fully saturated rings.